The van der Waals surface area contributed by atoms with E-state index < -0.39 is 0 Å². The molecule has 3 rings (SSSR count). The number of phenolic OH excluding ortho intramolecular Hbond substituents is 1. The van der Waals surface area contributed by atoms with Gasteiger partial charge in [0.05, 0.1) is 5.69 Å². The molecule has 0 unspecified atom stereocenters. The quantitative estimate of drug-likeness (QED) is 0.816. The van der Waals surface area contributed by atoms with Crippen LogP contribution in [0.2, 0.25) is 5.02 Å². The van der Waals surface area contributed by atoms with Crippen molar-refractivity contribution in [1.82, 2.24) is 0 Å². The molecular formula is C18H18ClFN2O. The summed E-state index contributed by atoms with van der Waals surface area (Å²) in [5.74, 6) is -0.236. The van der Waals surface area contributed by atoms with E-state index in [-0.39, 0.29) is 11.6 Å². The monoisotopic (exact) mass is 332 g/mol. The highest BCUT2D eigenvalue weighted by Gasteiger charge is 2.17. The van der Waals surface area contributed by atoms with Crippen LogP contribution in [0.4, 0.5) is 15.8 Å². The zero-order valence-corrected chi connectivity index (χ0v) is 13.6. The number of rotatable bonds is 3. The van der Waals surface area contributed by atoms with Crippen LogP contribution in [0, 0.1) is 12.7 Å². The Kier molecular flexibility index (Phi) is 4.53. The average molecular weight is 333 g/mol. The van der Waals surface area contributed by atoms with Gasteiger partial charge in [0.2, 0.25) is 0 Å². The van der Waals surface area contributed by atoms with E-state index in [1.165, 1.54) is 12.1 Å². The van der Waals surface area contributed by atoms with Gasteiger partial charge < -0.3 is 10.0 Å². The Morgan fingerprint density at radius 2 is 1.96 bits per heavy atom. The molecule has 23 heavy (non-hydrogen) atoms. The molecule has 1 aliphatic heterocycles. The number of aromatic hydroxyl groups is 1. The molecule has 0 spiro atoms. The minimum Gasteiger partial charge on any atom is -0.506 e. The highest BCUT2D eigenvalue weighted by atomic mass is 35.5. The zero-order valence-electron chi connectivity index (χ0n) is 12.9. The van der Waals surface area contributed by atoms with Crippen molar-refractivity contribution in [2.75, 3.05) is 18.0 Å². The van der Waals surface area contributed by atoms with Crippen molar-refractivity contribution in [3.63, 3.8) is 0 Å². The number of halogens is 2. The van der Waals surface area contributed by atoms with Crippen molar-refractivity contribution in [2.45, 2.75) is 19.8 Å². The summed E-state index contributed by atoms with van der Waals surface area (Å²) in [6.07, 6.45) is 3.78. The molecule has 120 valence electrons. The van der Waals surface area contributed by atoms with Crippen LogP contribution in [-0.4, -0.2) is 24.4 Å². The van der Waals surface area contributed by atoms with Gasteiger partial charge in [-0.1, -0.05) is 11.6 Å². The summed E-state index contributed by atoms with van der Waals surface area (Å²) in [4.78, 5) is 6.31. The Bertz CT molecular complexity index is 755. The number of aliphatic imine (C=N–C) groups is 1. The molecule has 1 heterocycles. The molecule has 1 N–H and O–H groups in total. The van der Waals surface area contributed by atoms with Crippen molar-refractivity contribution in [3.05, 3.63) is 52.3 Å². The molecule has 2 aromatic rings. The first-order valence-corrected chi connectivity index (χ1v) is 8.00. The Labute approximate surface area is 140 Å². The van der Waals surface area contributed by atoms with E-state index in [9.17, 15) is 9.50 Å². The van der Waals surface area contributed by atoms with E-state index >= 15 is 0 Å². The summed E-state index contributed by atoms with van der Waals surface area (Å²) in [5, 5.41) is 10.2. The molecule has 1 fully saturated rings. The molecule has 0 amide bonds. The van der Waals surface area contributed by atoms with Gasteiger partial charge in [-0.15, -0.1) is 0 Å². The Morgan fingerprint density at radius 1 is 1.22 bits per heavy atom. The number of benzene rings is 2. The van der Waals surface area contributed by atoms with Crippen molar-refractivity contribution in [1.29, 1.82) is 0 Å². The smallest absolute Gasteiger partial charge is 0.147 e. The van der Waals surface area contributed by atoms with Crippen LogP contribution < -0.4 is 4.90 Å². The largest absolute Gasteiger partial charge is 0.506 e. The first-order valence-electron chi connectivity index (χ1n) is 7.62. The SMILES string of the molecule is Cc1cc(N2CCCC2)c(F)cc1C=Nc1ccc(Cl)cc1O. The van der Waals surface area contributed by atoms with Crippen molar-refractivity contribution >= 4 is 29.2 Å². The standard InChI is InChI=1S/C18H18ClFN2O/c1-12-8-17(22-6-2-3-7-22)15(20)9-13(12)11-21-16-5-4-14(19)10-18(16)23/h4-5,8-11,23H,2-3,6-7H2,1H3. The molecule has 0 aliphatic carbocycles. The molecule has 5 heteroatoms. The second-order valence-electron chi connectivity index (χ2n) is 5.75. The summed E-state index contributed by atoms with van der Waals surface area (Å²) in [7, 11) is 0. The molecule has 0 bridgehead atoms. The number of nitrogens with zero attached hydrogens (tertiary/aromatic N) is 2. The third-order valence-electron chi connectivity index (χ3n) is 4.06. The maximum absolute atomic E-state index is 14.4. The average Bonchev–Trinajstić information content (AvgIpc) is 3.03. The third-order valence-corrected chi connectivity index (χ3v) is 4.30. The first kappa shape index (κ1) is 15.8. The predicted octanol–water partition coefficient (Wildman–Crippen LogP) is 4.84. The number of hydrogen-bond donors (Lipinski definition) is 1. The topological polar surface area (TPSA) is 35.8 Å². The van der Waals surface area contributed by atoms with Crippen molar-refractivity contribution < 1.29 is 9.50 Å². The van der Waals surface area contributed by atoms with E-state index in [1.54, 1.807) is 18.3 Å². The molecule has 2 aromatic carbocycles. The summed E-state index contributed by atoms with van der Waals surface area (Å²) >= 11 is 5.79. The second-order valence-corrected chi connectivity index (χ2v) is 6.18. The molecule has 0 radical (unpaired) electrons. The molecule has 0 saturated carbocycles. The van der Waals surface area contributed by atoms with Crippen LogP contribution >= 0.6 is 11.6 Å². The zero-order chi connectivity index (χ0) is 16.4. The summed E-state index contributed by atoms with van der Waals surface area (Å²) in [6.45, 7) is 3.74. The normalized spacial score (nSPS) is 14.8. The van der Waals surface area contributed by atoms with Gasteiger partial charge in [0, 0.05) is 30.4 Å². The summed E-state index contributed by atoms with van der Waals surface area (Å²) < 4.78 is 14.4. The fourth-order valence-corrected chi connectivity index (χ4v) is 2.93. The highest BCUT2D eigenvalue weighted by Crippen LogP contribution is 2.30. The van der Waals surface area contributed by atoms with Crippen LogP contribution in [0.5, 0.6) is 5.75 Å². The Balaban J connectivity index is 1.88. The predicted molar refractivity (Wildman–Crippen MR) is 93.0 cm³/mol. The Hall–Kier alpha value is -2.07. The summed E-state index contributed by atoms with van der Waals surface area (Å²) in [5.41, 5.74) is 2.70. The van der Waals surface area contributed by atoms with E-state index in [1.807, 2.05) is 13.0 Å². The molecule has 0 aromatic heterocycles. The molecule has 1 saturated heterocycles. The number of aryl methyl sites for hydroxylation is 1. The fraction of sp³-hybridized carbons (Fsp3) is 0.278. The van der Waals surface area contributed by atoms with Gasteiger partial charge in [-0.3, -0.25) is 4.99 Å². The van der Waals surface area contributed by atoms with Crippen LogP contribution in [0.1, 0.15) is 24.0 Å². The van der Waals surface area contributed by atoms with E-state index in [2.05, 4.69) is 9.89 Å². The van der Waals surface area contributed by atoms with E-state index in [4.69, 9.17) is 11.6 Å². The van der Waals surface area contributed by atoms with Crippen molar-refractivity contribution in [2.24, 2.45) is 4.99 Å². The maximum atomic E-state index is 14.4. The van der Waals surface area contributed by atoms with Gasteiger partial charge in [-0.2, -0.15) is 0 Å². The lowest BCUT2D eigenvalue weighted by Gasteiger charge is -2.19. The minimum atomic E-state index is -0.237. The third kappa shape index (κ3) is 3.48. The van der Waals surface area contributed by atoms with E-state index in [0.29, 0.717) is 22.0 Å². The lowest BCUT2D eigenvalue weighted by Crippen LogP contribution is -2.19. The number of phenols is 1. The summed E-state index contributed by atoms with van der Waals surface area (Å²) in [6, 6.07) is 8.07. The first-order chi connectivity index (χ1) is 11.0. The van der Waals surface area contributed by atoms with Gasteiger partial charge in [0.25, 0.3) is 0 Å². The van der Waals surface area contributed by atoms with Crippen LogP contribution in [0.25, 0.3) is 0 Å². The fourth-order valence-electron chi connectivity index (χ4n) is 2.77. The van der Waals surface area contributed by atoms with Gasteiger partial charge in [-0.25, -0.2) is 4.39 Å². The number of hydrogen-bond acceptors (Lipinski definition) is 3. The Morgan fingerprint density at radius 3 is 2.65 bits per heavy atom. The molecule has 0 atom stereocenters. The lowest BCUT2D eigenvalue weighted by atomic mass is 10.1. The highest BCUT2D eigenvalue weighted by molar-refractivity contribution is 6.30. The minimum absolute atomic E-state index is 0.000520. The maximum Gasteiger partial charge on any atom is 0.147 e. The number of anilines is 1. The van der Waals surface area contributed by atoms with Gasteiger partial charge in [0.1, 0.15) is 17.3 Å². The lowest BCUT2D eigenvalue weighted by molar-refractivity contribution is 0.477. The van der Waals surface area contributed by atoms with Crippen molar-refractivity contribution in [3.8, 4) is 5.75 Å². The van der Waals surface area contributed by atoms with Crippen LogP contribution in [-0.2, 0) is 0 Å². The molecule has 3 nitrogen and oxygen atoms in total. The second kappa shape index (κ2) is 6.59. The van der Waals surface area contributed by atoms with Gasteiger partial charge in [0.15, 0.2) is 0 Å². The van der Waals surface area contributed by atoms with Crippen LogP contribution in [0.3, 0.4) is 0 Å². The molecular weight excluding hydrogens is 315 g/mol. The molecule has 1 aliphatic rings. The van der Waals surface area contributed by atoms with Gasteiger partial charge in [-0.05, 0) is 55.2 Å². The van der Waals surface area contributed by atoms with Crippen LogP contribution in [0.15, 0.2) is 35.3 Å². The van der Waals surface area contributed by atoms with E-state index in [0.717, 1.165) is 31.5 Å². The van der Waals surface area contributed by atoms with Gasteiger partial charge >= 0.3 is 0 Å².